The van der Waals surface area contributed by atoms with Crippen molar-refractivity contribution in [3.05, 3.63) is 65.4 Å². The summed E-state index contributed by atoms with van der Waals surface area (Å²) in [5.41, 5.74) is 1.12. The van der Waals surface area contributed by atoms with Gasteiger partial charge < -0.3 is 13.9 Å². The Kier molecular flexibility index (Phi) is 4.33. The fourth-order valence-electron chi connectivity index (χ4n) is 2.50. The second kappa shape index (κ2) is 6.58. The molecular weight excluding hydrogens is 308 g/mol. The molecule has 5 nitrogen and oxygen atoms in total. The molecule has 24 heavy (non-hydrogen) atoms. The molecule has 0 saturated carbocycles. The normalized spacial score (nSPS) is 10.6. The Morgan fingerprint density at radius 1 is 1.04 bits per heavy atom. The zero-order valence-corrected chi connectivity index (χ0v) is 13.4. The Labute approximate surface area is 138 Å². The Hall–Kier alpha value is -3.08. The summed E-state index contributed by atoms with van der Waals surface area (Å²) in [6.07, 6.45) is 0. The molecule has 0 atom stereocenters. The molecule has 2 aromatic carbocycles. The van der Waals surface area contributed by atoms with Crippen LogP contribution in [0.5, 0.6) is 5.75 Å². The summed E-state index contributed by atoms with van der Waals surface area (Å²) in [5, 5.41) is 0.585. The number of carbonyl (C=O) groups excluding carboxylic acids is 2. The van der Waals surface area contributed by atoms with E-state index in [1.54, 1.807) is 62.6 Å². The second-order valence-corrected chi connectivity index (χ2v) is 5.08. The number of methoxy groups -OCH3 is 1. The van der Waals surface area contributed by atoms with Crippen molar-refractivity contribution in [1.29, 1.82) is 0 Å². The fourth-order valence-corrected chi connectivity index (χ4v) is 2.50. The molecule has 0 amide bonds. The van der Waals surface area contributed by atoms with E-state index in [0.717, 1.165) is 0 Å². The Balaban J connectivity index is 2.13. The maximum absolute atomic E-state index is 12.9. The number of ketones is 1. The van der Waals surface area contributed by atoms with Crippen LogP contribution in [0.1, 0.15) is 33.4 Å². The average molecular weight is 324 g/mol. The van der Waals surface area contributed by atoms with Crippen molar-refractivity contribution < 1.29 is 23.5 Å². The van der Waals surface area contributed by atoms with Gasteiger partial charge in [0.05, 0.1) is 19.3 Å². The van der Waals surface area contributed by atoms with E-state index >= 15 is 0 Å². The molecule has 0 aliphatic rings. The third-order valence-electron chi connectivity index (χ3n) is 3.64. The van der Waals surface area contributed by atoms with E-state index in [2.05, 4.69) is 0 Å². The molecule has 0 unspecified atom stereocenters. The molecule has 1 heterocycles. The van der Waals surface area contributed by atoms with Gasteiger partial charge in [0.1, 0.15) is 11.3 Å². The van der Waals surface area contributed by atoms with Crippen LogP contribution in [0.4, 0.5) is 0 Å². The second-order valence-electron chi connectivity index (χ2n) is 5.08. The van der Waals surface area contributed by atoms with Crippen molar-refractivity contribution >= 4 is 22.7 Å². The van der Waals surface area contributed by atoms with Gasteiger partial charge in [-0.05, 0) is 37.3 Å². The van der Waals surface area contributed by atoms with Crippen LogP contribution in [0.25, 0.3) is 11.0 Å². The number of hydrogen-bond acceptors (Lipinski definition) is 5. The van der Waals surface area contributed by atoms with E-state index in [1.165, 1.54) is 0 Å². The Morgan fingerprint density at radius 3 is 2.42 bits per heavy atom. The standard InChI is InChI=1S/C19H16O5/c1-3-23-19(21)18-16(14-6-4-5-7-15(14)24-18)17(20)12-8-10-13(22-2)11-9-12/h4-11H,3H2,1-2H3. The molecule has 1 aromatic heterocycles. The number of benzene rings is 2. The van der Waals surface area contributed by atoms with E-state index < -0.39 is 5.97 Å². The maximum Gasteiger partial charge on any atom is 0.375 e. The monoisotopic (exact) mass is 324 g/mol. The number of fused-ring (bicyclic) bond motifs is 1. The van der Waals surface area contributed by atoms with Crippen LogP contribution in [-0.2, 0) is 4.74 Å². The Bertz CT molecular complexity index is 890. The summed E-state index contributed by atoms with van der Waals surface area (Å²) in [6.45, 7) is 1.90. The lowest BCUT2D eigenvalue weighted by molar-refractivity contribution is 0.0489. The quantitative estimate of drug-likeness (QED) is 0.527. The van der Waals surface area contributed by atoms with Gasteiger partial charge in [0.2, 0.25) is 5.76 Å². The third-order valence-corrected chi connectivity index (χ3v) is 3.64. The van der Waals surface area contributed by atoms with E-state index in [9.17, 15) is 9.59 Å². The number of esters is 1. The van der Waals surface area contributed by atoms with Gasteiger partial charge in [0, 0.05) is 10.9 Å². The van der Waals surface area contributed by atoms with Crippen LogP contribution in [0, 0.1) is 0 Å². The minimum atomic E-state index is -0.648. The molecule has 0 N–H and O–H groups in total. The third kappa shape index (κ3) is 2.76. The van der Waals surface area contributed by atoms with Crippen molar-refractivity contribution in [2.24, 2.45) is 0 Å². The van der Waals surface area contributed by atoms with E-state index in [0.29, 0.717) is 22.3 Å². The van der Waals surface area contributed by atoms with Gasteiger partial charge in [0.25, 0.3) is 0 Å². The number of ether oxygens (including phenoxy) is 2. The highest BCUT2D eigenvalue weighted by atomic mass is 16.5. The zero-order chi connectivity index (χ0) is 17.1. The van der Waals surface area contributed by atoms with Crippen molar-refractivity contribution in [2.75, 3.05) is 13.7 Å². The minimum Gasteiger partial charge on any atom is -0.497 e. The van der Waals surface area contributed by atoms with Crippen LogP contribution in [-0.4, -0.2) is 25.5 Å². The van der Waals surface area contributed by atoms with Crippen molar-refractivity contribution in [3.63, 3.8) is 0 Å². The van der Waals surface area contributed by atoms with Gasteiger partial charge in [-0.2, -0.15) is 0 Å². The van der Waals surface area contributed by atoms with E-state index in [-0.39, 0.29) is 23.7 Å². The van der Waals surface area contributed by atoms with Crippen LogP contribution in [0.3, 0.4) is 0 Å². The minimum absolute atomic E-state index is 0.0705. The smallest absolute Gasteiger partial charge is 0.375 e. The van der Waals surface area contributed by atoms with Gasteiger partial charge in [-0.3, -0.25) is 4.79 Å². The SMILES string of the molecule is CCOC(=O)c1oc2ccccc2c1C(=O)c1ccc(OC)cc1. The van der Waals surface area contributed by atoms with Crippen LogP contribution in [0.2, 0.25) is 0 Å². The lowest BCUT2D eigenvalue weighted by atomic mass is 10.00. The predicted octanol–water partition coefficient (Wildman–Crippen LogP) is 3.85. The number of hydrogen-bond donors (Lipinski definition) is 0. The van der Waals surface area contributed by atoms with Crippen LogP contribution >= 0.6 is 0 Å². The van der Waals surface area contributed by atoms with Gasteiger partial charge in [-0.25, -0.2) is 4.79 Å². The van der Waals surface area contributed by atoms with Gasteiger partial charge in [0.15, 0.2) is 5.78 Å². The molecule has 0 bridgehead atoms. The van der Waals surface area contributed by atoms with Gasteiger partial charge in [-0.15, -0.1) is 0 Å². The first-order valence-electron chi connectivity index (χ1n) is 7.53. The molecule has 5 heteroatoms. The van der Waals surface area contributed by atoms with Gasteiger partial charge in [-0.1, -0.05) is 18.2 Å². The summed E-state index contributed by atoms with van der Waals surface area (Å²) in [5.74, 6) is -0.371. The number of rotatable bonds is 5. The van der Waals surface area contributed by atoms with Crippen LogP contribution in [0.15, 0.2) is 52.9 Å². The molecule has 122 valence electrons. The summed E-state index contributed by atoms with van der Waals surface area (Å²) in [6, 6.07) is 13.7. The molecule has 0 saturated heterocycles. The van der Waals surface area contributed by atoms with Gasteiger partial charge >= 0.3 is 5.97 Å². The maximum atomic E-state index is 12.9. The number of para-hydroxylation sites is 1. The lowest BCUT2D eigenvalue weighted by Crippen LogP contribution is -2.10. The lowest BCUT2D eigenvalue weighted by Gasteiger charge is -2.04. The molecule has 3 aromatic rings. The highest BCUT2D eigenvalue weighted by Crippen LogP contribution is 2.29. The number of furan rings is 1. The highest BCUT2D eigenvalue weighted by Gasteiger charge is 2.27. The summed E-state index contributed by atoms with van der Waals surface area (Å²) in [7, 11) is 1.55. The first-order valence-corrected chi connectivity index (χ1v) is 7.53. The van der Waals surface area contributed by atoms with Crippen molar-refractivity contribution in [2.45, 2.75) is 6.92 Å². The molecule has 3 rings (SSSR count). The van der Waals surface area contributed by atoms with Crippen molar-refractivity contribution in [1.82, 2.24) is 0 Å². The summed E-state index contributed by atoms with van der Waals surface area (Å²) >= 11 is 0. The Morgan fingerprint density at radius 2 is 1.75 bits per heavy atom. The summed E-state index contributed by atoms with van der Waals surface area (Å²) in [4.78, 5) is 25.1. The van der Waals surface area contributed by atoms with Crippen LogP contribution < -0.4 is 4.74 Å². The largest absolute Gasteiger partial charge is 0.497 e. The molecule has 0 aliphatic heterocycles. The van der Waals surface area contributed by atoms with E-state index in [4.69, 9.17) is 13.9 Å². The average Bonchev–Trinajstić information content (AvgIpc) is 3.01. The highest BCUT2D eigenvalue weighted by molar-refractivity contribution is 6.20. The van der Waals surface area contributed by atoms with Crippen molar-refractivity contribution in [3.8, 4) is 5.75 Å². The molecular formula is C19H16O5. The fraction of sp³-hybridized carbons (Fsp3) is 0.158. The zero-order valence-electron chi connectivity index (χ0n) is 13.4. The number of carbonyl (C=O) groups is 2. The molecule has 0 fully saturated rings. The molecule has 0 radical (unpaired) electrons. The molecule has 0 spiro atoms. The predicted molar refractivity (Wildman–Crippen MR) is 88.6 cm³/mol. The topological polar surface area (TPSA) is 65.7 Å². The van der Waals surface area contributed by atoms with E-state index in [1.807, 2.05) is 0 Å². The molecule has 0 aliphatic carbocycles. The first kappa shape index (κ1) is 15.8. The summed E-state index contributed by atoms with van der Waals surface area (Å²) < 4.78 is 15.7. The first-order chi connectivity index (χ1) is 11.7.